The summed E-state index contributed by atoms with van der Waals surface area (Å²) in [6.45, 7) is 7.21. The highest BCUT2D eigenvalue weighted by Gasteiger charge is 2.41. The average molecular weight is 214 g/mol. The summed E-state index contributed by atoms with van der Waals surface area (Å²) in [6, 6.07) is 0. The molecule has 1 unspecified atom stereocenters. The average Bonchev–Trinajstić information content (AvgIpc) is 2.08. The maximum Gasteiger partial charge on any atom is 0.227 e. The molecule has 1 heterocycles. The van der Waals surface area contributed by atoms with Crippen LogP contribution in [0.2, 0.25) is 0 Å². The largest absolute Gasteiger partial charge is 0.386 e. The van der Waals surface area contributed by atoms with Gasteiger partial charge < -0.3 is 15.7 Å². The summed E-state index contributed by atoms with van der Waals surface area (Å²) in [6.07, 6.45) is 0.827. The zero-order valence-electron chi connectivity index (χ0n) is 9.86. The van der Waals surface area contributed by atoms with Crippen molar-refractivity contribution in [3.8, 4) is 0 Å². The first-order valence-corrected chi connectivity index (χ1v) is 5.57. The van der Waals surface area contributed by atoms with Crippen LogP contribution in [-0.4, -0.2) is 41.1 Å². The second-order valence-electron chi connectivity index (χ2n) is 5.25. The Hall–Kier alpha value is -0.610. The topological polar surface area (TPSA) is 66.6 Å². The third-order valence-electron chi connectivity index (χ3n) is 2.76. The number of carbonyl (C=O) groups excluding carboxylic acids is 1. The quantitative estimate of drug-likeness (QED) is 0.702. The predicted octanol–water partition coefficient (Wildman–Crippen LogP) is 0.201. The van der Waals surface area contributed by atoms with Crippen LogP contribution in [0.3, 0.4) is 0 Å². The van der Waals surface area contributed by atoms with E-state index < -0.39 is 5.60 Å². The molecule has 1 amide bonds. The number of nitrogens with zero attached hydrogens (tertiary/aromatic N) is 1. The Morgan fingerprint density at radius 1 is 1.53 bits per heavy atom. The van der Waals surface area contributed by atoms with Crippen LogP contribution in [-0.2, 0) is 4.79 Å². The Balaban J connectivity index is 2.45. The van der Waals surface area contributed by atoms with Crippen molar-refractivity contribution in [2.45, 2.75) is 32.8 Å². The molecular formula is C11H22N2O2. The van der Waals surface area contributed by atoms with E-state index >= 15 is 0 Å². The van der Waals surface area contributed by atoms with E-state index in [1.54, 1.807) is 11.8 Å². The van der Waals surface area contributed by atoms with Gasteiger partial charge in [0.25, 0.3) is 0 Å². The molecule has 0 radical (unpaired) electrons. The molecule has 1 aliphatic rings. The number of β-amino-alcohol motifs (C(OH)–C–C–N with tert-alkyl or cyclic N) is 1. The fourth-order valence-electron chi connectivity index (χ4n) is 2.06. The number of hydrogen-bond donors (Lipinski definition) is 2. The second-order valence-corrected chi connectivity index (χ2v) is 5.25. The maximum atomic E-state index is 11.9. The van der Waals surface area contributed by atoms with E-state index in [1.807, 2.05) is 0 Å². The van der Waals surface area contributed by atoms with Crippen LogP contribution in [0.4, 0.5) is 0 Å². The van der Waals surface area contributed by atoms with E-state index in [1.165, 1.54) is 0 Å². The number of aliphatic hydroxyl groups is 1. The Morgan fingerprint density at radius 3 is 2.40 bits per heavy atom. The molecule has 0 aromatic carbocycles. The summed E-state index contributed by atoms with van der Waals surface area (Å²) >= 11 is 0. The Bertz CT molecular complexity index is 231. The van der Waals surface area contributed by atoms with Crippen molar-refractivity contribution in [2.75, 3.05) is 19.6 Å². The number of amides is 1. The SMILES string of the molecule is CC(C)CC(CN)C(=O)N1CC(C)(O)C1. The first-order valence-electron chi connectivity index (χ1n) is 5.57. The van der Waals surface area contributed by atoms with E-state index in [0.29, 0.717) is 25.6 Å². The van der Waals surface area contributed by atoms with Gasteiger partial charge in [-0.25, -0.2) is 0 Å². The molecule has 3 N–H and O–H groups in total. The van der Waals surface area contributed by atoms with Crippen molar-refractivity contribution >= 4 is 5.91 Å². The molecule has 0 aromatic heterocycles. The molecule has 0 aliphatic carbocycles. The van der Waals surface area contributed by atoms with Crippen LogP contribution in [0, 0.1) is 11.8 Å². The minimum absolute atomic E-state index is 0.0823. The first-order chi connectivity index (χ1) is 6.85. The van der Waals surface area contributed by atoms with Gasteiger partial charge >= 0.3 is 0 Å². The molecule has 1 atom stereocenters. The fraction of sp³-hybridized carbons (Fsp3) is 0.909. The molecule has 4 heteroatoms. The van der Waals surface area contributed by atoms with Crippen LogP contribution in [0.25, 0.3) is 0 Å². The van der Waals surface area contributed by atoms with Gasteiger partial charge in [0.15, 0.2) is 0 Å². The number of likely N-dealkylation sites (tertiary alicyclic amines) is 1. The smallest absolute Gasteiger partial charge is 0.227 e. The first kappa shape index (κ1) is 12.5. The van der Waals surface area contributed by atoms with Crippen molar-refractivity contribution in [2.24, 2.45) is 17.6 Å². The standard InChI is InChI=1S/C11H22N2O2/c1-8(2)4-9(5-12)10(14)13-6-11(3,15)7-13/h8-9,15H,4-7,12H2,1-3H3. The summed E-state index contributed by atoms with van der Waals surface area (Å²) < 4.78 is 0. The Morgan fingerprint density at radius 2 is 2.07 bits per heavy atom. The lowest BCUT2D eigenvalue weighted by Gasteiger charge is -2.45. The van der Waals surface area contributed by atoms with Gasteiger partial charge in [-0.3, -0.25) is 4.79 Å². The summed E-state index contributed by atoms with van der Waals surface area (Å²) in [7, 11) is 0. The third kappa shape index (κ3) is 3.18. The van der Waals surface area contributed by atoms with Crippen molar-refractivity contribution in [3.05, 3.63) is 0 Å². The monoisotopic (exact) mass is 214 g/mol. The van der Waals surface area contributed by atoms with Gasteiger partial charge in [-0.2, -0.15) is 0 Å². The second kappa shape index (κ2) is 4.49. The molecule has 15 heavy (non-hydrogen) atoms. The molecule has 0 aromatic rings. The molecule has 1 fully saturated rings. The highest BCUT2D eigenvalue weighted by atomic mass is 16.3. The highest BCUT2D eigenvalue weighted by Crippen LogP contribution is 2.23. The third-order valence-corrected chi connectivity index (χ3v) is 2.76. The number of rotatable bonds is 4. The van der Waals surface area contributed by atoms with Crippen molar-refractivity contribution in [3.63, 3.8) is 0 Å². The molecule has 1 saturated heterocycles. The number of carbonyl (C=O) groups is 1. The van der Waals surface area contributed by atoms with Crippen LogP contribution < -0.4 is 5.73 Å². The molecule has 1 rings (SSSR count). The van der Waals surface area contributed by atoms with Gasteiger partial charge in [0.2, 0.25) is 5.91 Å². The van der Waals surface area contributed by atoms with Gasteiger partial charge in [0.1, 0.15) is 0 Å². The summed E-state index contributed by atoms with van der Waals surface area (Å²) in [5, 5.41) is 9.54. The van der Waals surface area contributed by atoms with Gasteiger partial charge in [0.05, 0.1) is 24.6 Å². The van der Waals surface area contributed by atoms with Gasteiger partial charge in [-0.1, -0.05) is 13.8 Å². The van der Waals surface area contributed by atoms with E-state index in [4.69, 9.17) is 5.73 Å². The molecular weight excluding hydrogens is 192 g/mol. The fourth-order valence-corrected chi connectivity index (χ4v) is 2.06. The Labute approximate surface area is 91.4 Å². The van der Waals surface area contributed by atoms with E-state index in [-0.39, 0.29) is 11.8 Å². The molecule has 0 spiro atoms. The molecule has 1 aliphatic heterocycles. The van der Waals surface area contributed by atoms with Crippen LogP contribution >= 0.6 is 0 Å². The number of hydrogen-bond acceptors (Lipinski definition) is 3. The van der Waals surface area contributed by atoms with E-state index in [0.717, 1.165) is 6.42 Å². The van der Waals surface area contributed by atoms with Crippen LogP contribution in [0.15, 0.2) is 0 Å². The molecule has 4 nitrogen and oxygen atoms in total. The lowest BCUT2D eigenvalue weighted by atomic mass is 9.91. The zero-order valence-corrected chi connectivity index (χ0v) is 9.86. The van der Waals surface area contributed by atoms with E-state index in [2.05, 4.69) is 13.8 Å². The lowest BCUT2D eigenvalue weighted by Crippen LogP contribution is -2.63. The summed E-state index contributed by atoms with van der Waals surface area (Å²) in [5.41, 5.74) is 4.91. The van der Waals surface area contributed by atoms with Crippen LogP contribution in [0.5, 0.6) is 0 Å². The van der Waals surface area contributed by atoms with E-state index in [9.17, 15) is 9.90 Å². The molecule has 88 valence electrons. The van der Waals surface area contributed by atoms with Gasteiger partial charge in [0, 0.05) is 6.54 Å². The zero-order chi connectivity index (χ0) is 11.6. The molecule has 0 saturated carbocycles. The predicted molar refractivity (Wildman–Crippen MR) is 59.2 cm³/mol. The van der Waals surface area contributed by atoms with Crippen molar-refractivity contribution in [1.29, 1.82) is 0 Å². The van der Waals surface area contributed by atoms with Crippen molar-refractivity contribution in [1.82, 2.24) is 4.90 Å². The van der Waals surface area contributed by atoms with Gasteiger partial charge in [-0.05, 0) is 19.3 Å². The highest BCUT2D eigenvalue weighted by molar-refractivity contribution is 5.80. The normalized spacial score (nSPS) is 21.3. The van der Waals surface area contributed by atoms with Crippen molar-refractivity contribution < 1.29 is 9.90 Å². The van der Waals surface area contributed by atoms with Crippen LogP contribution in [0.1, 0.15) is 27.2 Å². The molecule has 0 bridgehead atoms. The Kier molecular flexibility index (Phi) is 3.73. The lowest BCUT2D eigenvalue weighted by molar-refractivity contribution is -0.156. The van der Waals surface area contributed by atoms with Gasteiger partial charge in [-0.15, -0.1) is 0 Å². The summed E-state index contributed by atoms with van der Waals surface area (Å²) in [5.74, 6) is 0.489. The minimum atomic E-state index is -0.688. The summed E-state index contributed by atoms with van der Waals surface area (Å²) in [4.78, 5) is 13.6. The maximum absolute atomic E-state index is 11.9. The minimum Gasteiger partial charge on any atom is -0.386 e. The number of nitrogens with two attached hydrogens (primary N) is 1.